The van der Waals surface area contributed by atoms with Crippen molar-refractivity contribution < 1.29 is 9.15 Å². The Morgan fingerprint density at radius 2 is 2.29 bits per heavy atom. The molecule has 0 aliphatic carbocycles. The fourth-order valence-electron chi connectivity index (χ4n) is 1.61. The van der Waals surface area contributed by atoms with E-state index in [1.807, 2.05) is 19.1 Å². The molecule has 0 bridgehead atoms. The van der Waals surface area contributed by atoms with Crippen LogP contribution >= 0.6 is 15.9 Å². The van der Waals surface area contributed by atoms with E-state index < -0.39 is 0 Å². The van der Waals surface area contributed by atoms with E-state index in [1.54, 1.807) is 13.4 Å². The molecule has 4 nitrogen and oxygen atoms in total. The zero-order valence-corrected chi connectivity index (χ0v) is 11.3. The molecule has 1 atom stereocenters. The summed E-state index contributed by atoms with van der Waals surface area (Å²) in [6.45, 7) is 1.95. The first-order valence-corrected chi connectivity index (χ1v) is 6.15. The van der Waals surface area contributed by atoms with E-state index in [9.17, 15) is 0 Å². The minimum Gasteiger partial charge on any atom is -0.481 e. The summed E-state index contributed by atoms with van der Waals surface area (Å²) in [5.41, 5.74) is 2.07. The molecule has 0 saturated heterocycles. The van der Waals surface area contributed by atoms with Crippen LogP contribution < -0.4 is 4.74 Å². The van der Waals surface area contributed by atoms with E-state index >= 15 is 0 Å². The third-order valence-corrected chi connectivity index (χ3v) is 3.35. The second kappa shape index (κ2) is 5.31. The normalized spacial score (nSPS) is 12.4. The molecule has 5 heteroatoms. The topological polar surface area (TPSA) is 48.2 Å². The van der Waals surface area contributed by atoms with Crippen molar-refractivity contribution in [2.45, 2.75) is 18.2 Å². The number of furan rings is 1. The van der Waals surface area contributed by atoms with Crippen LogP contribution in [0.4, 0.5) is 0 Å². The number of methoxy groups -OCH3 is 1. The van der Waals surface area contributed by atoms with Crippen LogP contribution in [0.15, 0.2) is 29.1 Å². The molecule has 0 N–H and O–H groups in total. The summed E-state index contributed by atoms with van der Waals surface area (Å²) in [6.07, 6.45) is 3.97. The highest BCUT2D eigenvalue weighted by Gasteiger charge is 2.14. The summed E-state index contributed by atoms with van der Waals surface area (Å²) in [4.78, 5) is 8.37. The molecule has 0 aromatic carbocycles. The largest absolute Gasteiger partial charge is 0.481 e. The molecule has 0 aliphatic rings. The van der Waals surface area contributed by atoms with Crippen molar-refractivity contribution in [1.29, 1.82) is 0 Å². The molecule has 0 spiro atoms. The highest BCUT2D eigenvalue weighted by Crippen LogP contribution is 2.29. The molecule has 2 aromatic rings. The minimum atomic E-state index is 0.181. The molecule has 0 aliphatic heterocycles. The molecular weight excluding hydrogens is 284 g/mol. The van der Waals surface area contributed by atoms with Gasteiger partial charge in [-0.1, -0.05) is 15.9 Å². The van der Waals surface area contributed by atoms with Crippen LogP contribution in [0.5, 0.6) is 5.88 Å². The molecular formula is C12H13BrN2O2. The van der Waals surface area contributed by atoms with Gasteiger partial charge >= 0.3 is 0 Å². The van der Waals surface area contributed by atoms with Gasteiger partial charge in [-0.15, -0.1) is 0 Å². The van der Waals surface area contributed by atoms with Gasteiger partial charge in [0.25, 0.3) is 0 Å². The molecule has 0 amide bonds. The Labute approximate surface area is 108 Å². The standard InChI is InChI=1S/C12H13BrN2O2/c1-8-10(3-4-17-8)11(13)5-9-6-12(16-2)15-7-14-9/h3-4,6-7,11H,5H2,1-2H3. The number of ether oxygens (including phenoxy) is 1. The Morgan fingerprint density at radius 1 is 1.47 bits per heavy atom. The summed E-state index contributed by atoms with van der Waals surface area (Å²) in [5.74, 6) is 1.51. The maximum atomic E-state index is 5.28. The molecule has 1 unspecified atom stereocenters. The number of rotatable bonds is 4. The average Bonchev–Trinajstić information content (AvgIpc) is 2.76. The van der Waals surface area contributed by atoms with E-state index in [4.69, 9.17) is 9.15 Å². The monoisotopic (exact) mass is 296 g/mol. The van der Waals surface area contributed by atoms with Gasteiger partial charge in [0, 0.05) is 28.6 Å². The van der Waals surface area contributed by atoms with Crippen molar-refractivity contribution in [3.63, 3.8) is 0 Å². The Balaban J connectivity index is 2.13. The van der Waals surface area contributed by atoms with Gasteiger partial charge in [0.2, 0.25) is 5.88 Å². The van der Waals surface area contributed by atoms with Gasteiger partial charge in [-0.2, -0.15) is 0 Å². The van der Waals surface area contributed by atoms with E-state index in [0.29, 0.717) is 5.88 Å². The van der Waals surface area contributed by atoms with E-state index in [2.05, 4.69) is 25.9 Å². The second-order valence-electron chi connectivity index (χ2n) is 3.66. The summed E-state index contributed by atoms with van der Waals surface area (Å²) in [7, 11) is 1.60. The van der Waals surface area contributed by atoms with Crippen LogP contribution in [0.1, 0.15) is 21.8 Å². The summed E-state index contributed by atoms with van der Waals surface area (Å²) in [6, 6.07) is 3.80. The van der Waals surface area contributed by atoms with Crippen LogP contribution in [0.25, 0.3) is 0 Å². The van der Waals surface area contributed by atoms with Gasteiger partial charge < -0.3 is 9.15 Å². The summed E-state index contributed by atoms with van der Waals surface area (Å²) < 4.78 is 10.3. The predicted molar refractivity (Wildman–Crippen MR) is 67.4 cm³/mol. The smallest absolute Gasteiger partial charge is 0.216 e. The molecule has 90 valence electrons. The summed E-state index contributed by atoms with van der Waals surface area (Å²) in [5, 5.41) is 0. The van der Waals surface area contributed by atoms with Crippen molar-refractivity contribution in [2.75, 3.05) is 7.11 Å². The lowest BCUT2D eigenvalue weighted by atomic mass is 10.1. The Morgan fingerprint density at radius 3 is 2.94 bits per heavy atom. The lowest BCUT2D eigenvalue weighted by Gasteiger charge is -2.08. The molecule has 0 fully saturated rings. The van der Waals surface area contributed by atoms with Crippen LogP contribution in [0.2, 0.25) is 0 Å². The first kappa shape index (κ1) is 12.1. The highest BCUT2D eigenvalue weighted by atomic mass is 79.9. The molecule has 2 rings (SSSR count). The maximum Gasteiger partial charge on any atom is 0.216 e. The van der Waals surface area contributed by atoms with Gasteiger partial charge in [0.15, 0.2) is 0 Å². The van der Waals surface area contributed by atoms with Crippen LogP contribution in [-0.2, 0) is 6.42 Å². The van der Waals surface area contributed by atoms with Crippen LogP contribution in [0, 0.1) is 6.92 Å². The third kappa shape index (κ3) is 2.85. The van der Waals surface area contributed by atoms with Gasteiger partial charge in [-0.05, 0) is 13.0 Å². The van der Waals surface area contributed by atoms with E-state index in [-0.39, 0.29) is 4.83 Å². The van der Waals surface area contributed by atoms with E-state index in [1.165, 1.54) is 6.33 Å². The number of halogens is 1. The molecule has 17 heavy (non-hydrogen) atoms. The molecule has 2 heterocycles. The lowest BCUT2D eigenvalue weighted by Crippen LogP contribution is -1.99. The van der Waals surface area contributed by atoms with Gasteiger partial charge in [0.05, 0.1) is 13.4 Å². The van der Waals surface area contributed by atoms with Gasteiger partial charge in [-0.3, -0.25) is 0 Å². The number of alkyl halides is 1. The maximum absolute atomic E-state index is 5.28. The molecule has 0 radical (unpaired) electrons. The molecule has 0 saturated carbocycles. The highest BCUT2D eigenvalue weighted by molar-refractivity contribution is 9.09. The fraction of sp³-hybridized carbons (Fsp3) is 0.333. The third-order valence-electron chi connectivity index (χ3n) is 2.53. The molecule has 2 aromatic heterocycles. The number of nitrogens with zero attached hydrogens (tertiary/aromatic N) is 2. The van der Waals surface area contributed by atoms with Crippen molar-refractivity contribution in [1.82, 2.24) is 9.97 Å². The average molecular weight is 297 g/mol. The minimum absolute atomic E-state index is 0.181. The number of aryl methyl sites for hydroxylation is 1. The van der Waals surface area contributed by atoms with E-state index in [0.717, 1.165) is 23.4 Å². The van der Waals surface area contributed by atoms with Gasteiger partial charge in [0.1, 0.15) is 12.1 Å². The van der Waals surface area contributed by atoms with Crippen molar-refractivity contribution >= 4 is 15.9 Å². The zero-order valence-electron chi connectivity index (χ0n) is 9.68. The van der Waals surface area contributed by atoms with Crippen LogP contribution in [-0.4, -0.2) is 17.1 Å². The predicted octanol–water partition coefficient (Wildman–Crippen LogP) is 3.07. The lowest BCUT2D eigenvalue weighted by molar-refractivity contribution is 0.396. The first-order valence-electron chi connectivity index (χ1n) is 5.23. The van der Waals surface area contributed by atoms with Crippen molar-refractivity contribution in [3.8, 4) is 5.88 Å². The number of hydrogen-bond acceptors (Lipinski definition) is 4. The fourth-order valence-corrected chi connectivity index (χ4v) is 2.42. The second-order valence-corrected chi connectivity index (χ2v) is 4.76. The SMILES string of the molecule is COc1cc(CC(Br)c2ccoc2C)ncn1. The van der Waals surface area contributed by atoms with Gasteiger partial charge in [-0.25, -0.2) is 9.97 Å². The Hall–Kier alpha value is -1.36. The Bertz CT molecular complexity index is 499. The Kier molecular flexibility index (Phi) is 3.78. The van der Waals surface area contributed by atoms with Crippen molar-refractivity contribution in [2.24, 2.45) is 0 Å². The van der Waals surface area contributed by atoms with Crippen LogP contribution in [0.3, 0.4) is 0 Å². The summed E-state index contributed by atoms with van der Waals surface area (Å²) >= 11 is 3.64. The number of aromatic nitrogens is 2. The first-order chi connectivity index (χ1) is 8.20. The van der Waals surface area contributed by atoms with Crippen molar-refractivity contribution in [3.05, 3.63) is 41.7 Å². The quantitative estimate of drug-likeness (QED) is 0.814. The number of hydrogen-bond donors (Lipinski definition) is 0. The zero-order chi connectivity index (χ0) is 12.3.